The van der Waals surface area contributed by atoms with Crippen LogP contribution in [0.5, 0.6) is 0 Å². The molecule has 0 unspecified atom stereocenters. The van der Waals surface area contributed by atoms with Crippen LogP contribution in [0.3, 0.4) is 0 Å². The van der Waals surface area contributed by atoms with Crippen molar-refractivity contribution < 1.29 is 28.3 Å². The maximum Gasteiger partial charge on any atom is 0.326 e. The number of halogens is 1. The first-order chi connectivity index (χ1) is 15.3. The highest BCUT2D eigenvalue weighted by Gasteiger charge is 2.36. The van der Waals surface area contributed by atoms with E-state index in [1.54, 1.807) is 54.8 Å². The average molecular weight is 434 g/mol. The molecular formula is C24H19FN2O5. The van der Waals surface area contributed by atoms with Crippen LogP contribution in [-0.4, -0.2) is 46.2 Å². The number of Topliss-reactive ketones (excluding diaryl/α,β-unsaturated/α-hetero) is 1. The zero-order valence-corrected chi connectivity index (χ0v) is 17.4. The molecule has 0 atom stereocenters. The molecule has 3 aromatic rings. The summed E-state index contributed by atoms with van der Waals surface area (Å²) in [6, 6.07) is 14.1. The van der Waals surface area contributed by atoms with Gasteiger partial charge in [-0.3, -0.25) is 24.1 Å². The zero-order chi connectivity index (χ0) is 23.0. The molecule has 162 valence electrons. The molecule has 1 aliphatic rings. The number of esters is 1. The number of hydrogen-bond donors (Lipinski definition) is 0. The Labute approximate surface area is 183 Å². The number of aryl methyl sites for hydroxylation is 1. The fourth-order valence-corrected chi connectivity index (χ4v) is 3.83. The summed E-state index contributed by atoms with van der Waals surface area (Å²) in [4.78, 5) is 50.4. The van der Waals surface area contributed by atoms with Gasteiger partial charge in [-0.05, 0) is 44.2 Å². The number of imide groups is 1. The van der Waals surface area contributed by atoms with E-state index in [9.17, 15) is 23.6 Å². The van der Waals surface area contributed by atoms with Crippen molar-refractivity contribution in [3.8, 4) is 5.69 Å². The number of ketones is 1. The Bertz CT molecular complexity index is 1240. The number of carbonyl (C=O) groups excluding carboxylic acids is 4. The van der Waals surface area contributed by atoms with Gasteiger partial charge in [-0.15, -0.1) is 0 Å². The van der Waals surface area contributed by atoms with Crippen molar-refractivity contribution in [3.63, 3.8) is 0 Å². The maximum absolute atomic E-state index is 14.2. The van der Waals surface area contributed by atoms with Gasteiger partial charge in [0.2, 0.25) is 5.78 Å². The highest BCUT2D eigenvalue weighted by molar-refractivity contribution is 6.22. The first kappa shape index (κ1) is 21.2. The SMILES string of the molecule is Cc1cc(C(=O)COC(=O)CN2C(=O)c3ccccc3C2=O)c(C)n1-c1ccccc1F. The standard InChI is InChI=1S/C24H19FN2O5/c1-14-11-18(15(2)27(14)20-10-6-5-9-19(20)25)21(28)13-32-22(29)12-26-23(30)16-7-3-4-8-17(16)24(26)31/h3-11H,12-13H2,1-2H3. The molecule has 2 amide bonds. The third-order valence-electron chi connectivity index (χ3n) is 5.35. The molecule has 8 heteroatoms. The quantitative estimate of drug-likeness (QED) is 0.338. The Kier molecular flexibility index (Phi) is 5.44. The number of ether oxygens (including phenoxy) is 1. The molecule has 2 heterocycles. The Morgan fingerprint density at radius 1 is 0.938 bits per heavy atom. The molecule has 2 aromatic carbocycles. The summed E-state index contributed by atoms with van der Waals surface area (Å²) in [5.41, 5.74) is 2.20. The number of para-hydroxylation sites is 1. The lowest BCUT2D eigenvalue weighted by molar-refractivity contribution is -0.142. The summed E-state index contributed by atoms with van der Waals surface area (Å²) in [5, 5.41) is 0. The Morgan fingerprint density at radius 2 is 1.53 bits per heavy atom. The minimum Gasteiger partial charge on any atom is -0.456 e. The van der Waals surface area contributed by atoms with Gasteiger partial charge in [0, 0.05) is 17.0 Å². The van der Waals surface area contributed by atoms with E-state index in [4.69, 9.17) is 4.74 Å². The van der Waals surface area contributed by atoms with Crippen LogP contribution in [0.2, 0.25) is 0 Å². The summed E-state index contributed by atoms with van der Waals surface area (Å²) >= 11 is 0. The molecule has 0 N–H and O–H groups in total. The van der Waals surface area contributed by atoms with Gasteiger partial charge in [0.1, 0.15) is 12.4 Å². The molecule has 0 saturated carbocycles. The Hall–Kier alpha value is -4.07. The van der Waals surface area contributed by atoms with Crippen molar-refractivity contribution in [2.75, 3.05) is 13.2 Å². The Morgan fingerprint density at radius 3 is 2.16 bits per heavy atom. The van der Waals surface area contributed by atoms with Gasteiger partial charge in [-0.2, -0.15) is 0 Å². The number of rotatable bonds is 6. The first-order valence-electron chi connectivity index (χ1n) is 9.87. The highest BCUT2D eigenvalue weighted by atomic mass is 19.1. The number of hydrogen-bond acceptors (Lipinski definition) is 5. The van der Waals surface area contributed by atoms with Crippen LogP contribution in [0.4, 0.5) is 4.39 Å². The average Bonchev–Trinajstić information content (AvgIpc) is 3.21. The smallest absolute Gasteiger partial charge is 0.326 e. The predicted octanol–water partition coefficient (Wildman–Crippen LogP) is 3.26. The molecule has 1 aromatic heterocycles. The third-order valence-corrected chi connectivity index (χ3v) is 5.35. The molecule has 0 spiro atoms. The van der Waals surface area contributed by atoms with Crippen LogP contribution < -0.4 is 0 Å². The van der Waals surface area contributed by atoms with Gasteiger partial charge in [-0.25, -0.2) is 4.39 Å². The lowest BCUT2D eigenvalue weighted by Gasteiger charge is -2.13. The van der Waals surface area contributed by atoms with Crippen molar-refractivity contribution in [2.45, 2.75) is 13.8 Å². The van der Waals surface area contributed by atoms with Crippen molar-refractivity contribution in [1.82, 2.24) is 9.47 Å². The lowest BCUT2D eigenvalue weighted by atomic mass is 10.1. The highest BCUT2D eigenvalue weighted by Crippen LogP contribution is 2.24. The van der Waals surface area contributed by atoms with Crippen molar-refractivity contribution in [2.24, 2.45) is 0 Å². The van der Waals surface area contributed by atoms with Gasteiger partial charge >= 0.3 is 5.97 Å². The van der Waals surface area contributed by atoms with Crippen LogP contribution in [0.25, 0.3) is 5.69 Å². The van der Waals surface area contributed by atoms with E-state index in [0.29, 0.717) is 22.6 Å². The molecule has 32 heavy (non-hydrogen) atoms. The van der Waals surface area contributed by atoms with Gasteiger partial charge in [-0.1, -0.05) is 24.3 Å². The zero-order valence-electron chi connectivity index (χ0n) is 17.4. The second kappa shape index (κ2) is 8.22. The number of amides is 2. The van der Waals surface area contributed by atoms with E-state index in [1.807, 2.05) is 0 Å². The molecule has 7 nitrogen and oxygen atoms in total. The van der Waals surface area contributed by atoms with Gasteiger partial charge in [0.15, 0.2) is 6.61 Å². The number of fused-ring (bicyclic) bond motifs is 1. The van der Waals surface area contributed by atoms with Crippen LogP contribution in [0, 0.1) is 19.7 Å². The second-order valence-electron chi connectivity index (χ2n) is 7.40. The van der Waals surface area contributed by atoms with Crippen LogP contribution >= 0.6 is 0 Å². The normalized spacial score (nSPS) is 12.8. The monoisotopic (exact) mass is 434 g/mol. The summed E-state index contributed by atoms with van der Waals surface area (Å²) in [5.74, 6) is -2.95. The molecule has 0 radical (unpaired) electrons. The number of aromatic nitrogens is 1. The number of carbonyl (C=O) groups is 4. The minimum absolute atomic E-state index is 0.224. The van der Waals surface area contributed by atoms with Crippen LogP contribution in [0.1, 0.15) is 42.5 Å². The molecule has 0 saturated heterocycles. The molecule has 1 aliphatic heterocycles. The third kappa shape index (κ3) is 3.60. The fraction of sp³-hybridized carbons (Fsp3) is 0.167. The van der Waals surface area contributed by atoms with E-state index in [0.717, 1.165) is 4.90 Å². The van der Waals surface area contributed by atoms with E-state index in [2.05, 4.69) is 0 Å². The van der Waals surface area contributed by atoms with Crippen molar-refractivity contribution in [1.29, 1.82) is 0 Å². The van der Waals surface area contributed by atoms with Crippen LogP contribution in [0.15, 0.2) is 54.6 Å². The van der Waals surface area contributed by atoms with Crippen LogP contribution in [-0.2, 0) is 9.53 Å². The molecule has 0 fully saturated rings. The van der Waals surface area contributed by atoms with Gasteiger partial charge < -0.3 is 9.30 Å². The van der Waals surface area contributed by atoms with E-state index in [-0.39, 0.29) is 11.1 Å². The summed E-state index contributed by atoms with van der Waals surface area (Å²) < 4.78 is 20.9. The minimum atomic E-state index is -0.879. The van der Waals surface area contributed by atoms with E-state index >= 15 is 0 Å². The molecule has 0 bridgehead atoms. The van der Waals surface area contributed by atoms with Gasteiger partial charge in [0.25, 0.3) is 11.8 Å². The van der Waals surface area contributed by atoms with E-state index in [1.165, 1.54) is 18.2 Å². The Balaban J connectivity index is 1.43. The van der Waals surface area contributed by atoms with Crippen molar-refractivity contribution >= 4 is 23.6 Å². The summed E-state index contributed by atoms with van der Waals surface area (Å²) in [7, 11) is 0. The topological polar surface area (TPSA) is 85.7 Å². The van der Waals surface area contributed by atoms with Gasteiger partial charge in [0.05, 0.1) is 16.8 Å². The predicted molar refractivity (Wildman–Crippen MR) is 112 cm³/mol. The first-order valence-corrected chi connectivity index (χ1v) is 9.87. The van der Waals surface area contributed by atoms with Crippen molar-refractivity contribution in [3.05, 3.63) is 88.5 Å². The number of nitrogens with zero attached hydrogens (tertiary/aromatic N) is 2. The molecular weight excluding hydrogens is 415 g/mol. The summed E-state index contributed by atoms with van der Waals surface area (Å²) in [6.07, 6.45) is 0. The lowest BCUT2D eigenvalue weighted by Crippen LogP contribution is -2.36. The number of benzene rings is 2. The fourth-order valence-electron chi connectivity index (χ4n) is 3.83. The largest absolute Gasteiger partial charge is 0.456 e. The maximum atomic E-state index is 14.2. The summed E-state index contributed by atoms with van der Waals surface area (Å²) in [6.45, 7) is 2.26. The van der Waals surface area contributed by atoms with E-state index < -0.39 is 42.5 Å². The second-order valence-corrected chi connectivity index (χ2v) is 7.40. The molecule has 4 rings (SSSR count). The molecule has 0 aliphatic carbocycles.